The van der Waals surface area contributed by atoms with Gasteiger partial charge in [0.1, 0.15) is 5.82 Å². The van der Waals surface area contributed by atoms with Gasteiger partial charge in [0.2, 0.25) is 0 Å². The molecule has 0 bridgehead atoms. The van der Waals surface area contributed by atoms with Crippen LogP contribution in [0.2, 0.25) is 5.02 Å². The van der Waals surface area contributed by atoms with E-state index in [0.717, 1.165) is 22.6 Å². The van der Waals surface area contributed by atoms with Gasteiger partial charge in [0.15, 0.2) is 5.82 Å². The Morgan fingerprint density at radius 2 is 1.66 bits per heavy atom. The Bertz CT molecular complexity index is 1420. The molecule has 194 valence electrons. The first-order chi connectivity index (χ1) is 18.5. The molecule has 1 aromatic heterocycles. The Kier molecular flexibility index (Phi) is 8.01. The van der Waals surface area contributed by atoms with Gasteiger partial charge in [-0.15, -0.1) is 0 Å². The lowest BCUT2D eigenvalue weighted by molar-refractivity contribution is 0.0746. The maximum Gasteiger partial charge on any atom is 0.255 e. The largest absolute Gasteiger partial charge is 0.378 e. The van der Waals surface area contributed by atoms with Crippen LogP contribution in [0.4, 0.5) is 5.82 Å². The summed E-state index contributed by atoms with van der Waals surface area (Å²) < 4.78 is 5.60. The molecule has 5 rings (SSSR count). The number of aryl methyl sites for hydroxylation is 1. The number of nitrogens with zero attached hydrogens (tertiary/aromatic N) is 4. The average molecular weight is 527 g/mol. The molecule has 0 unspecified atom stereocenters. The van der Waals surface area contributed by atoms with E-state index in [1.165, 1.54) is 11.1 Å². The second-order valence-electron chi connectivity index (χ2n) is 9.52. The fraction of sp³-hybridized carbons (Fsp3) is 0.258. The summed E-state index contributed by atoms with van der Waals surface area (Å²) in [6, 6.07) is 25.8. The SMILES string of the molecule is COCc1nc(-c2ccccc2)nc(N2CCN(C(=O)c3ccccc3Cl)CC2)c1Cc1cccc(C)c1. The van der Waals surface area contributed by atoms with Crippen molar-refractivity contribution < 1.29 is 9.53 Å². The van der Waals surface area contributed by atoms with E-state index >= 15 is 0 Å². The molecule has 0 atom stereocenters. The maximum atomic E-state index is 13.2. The summed E-state index contributed by atoms with van der Waals surface area (Å²) in [5.74, 6) is 1.54. The van der Waals surface area contributed by atoms with Crippen LogP contribution >= 0.6 is 11.6 Å². The van der Waals surface area contributed by atoms with Crippen LogP contribution in [0.3, 0.4) is 0 Å². The van der Waals surface area contributed by atoms with Gasteiger partial charge in [-0.1, -0.05) is 83.9 Å². The molecule has 38 heavy (non-hydrogen) atoms. The summed E-state index contributed by atoms with van der Waals surface area (Å²) >= 11 is 6.31. The Labute approximate surface area is 228 Å². The number of benzene rings is 3. The third-order valence-electron chi connectivity index (χ3n) is 6.82. The van der Waals surface area contributed by atoms with Gasteiger partial charge in [0.05, 0.1) is 22.9 Å². The van der Waals surface area contributed by atoms with E-state index in [2.05, 4.69) is 36.1 Å². The number of carbonyl (C=O) groups excluding carboxylic acids is 1. The predicted molar refractivity (Wildman–Crippen MR) is 152 cm³/mol. The standard InChI is InChI=1S/C31H31ClN4O2/c1-22-9-8-10-23(19-22)20-26-28(21-38-2)33-29(24-11-4-3-5-12-24)34-30(26)35-15-17-36(18-16-35)31(37)25-13-6-7-14-27(25)32/h3-14,19H,15-18,20-21H2,1-2H3. The van der Waals surface area contributed by atoms with Crippen LogP contribution in [-0.2, 0) is 17.8 Å². The minimum atomic E-state index is -0.0389. The predicted octanol–water partition coefficient (Wildman–Crippen LogP) is 5.81. The van der Waals surface area contributed by atoms with E-state index in [4.69, 9.17) is 26.3 Å². The molecule has 3 aromatic carbocycles. The number of piperazine rings is 1. The first-order valence-corrected chi connectivity index (χ1v) is 13.2. The lowest BCUT2D eigenvalue weighted by atomic mass is 10.0. The smallest absolute Gasteiger partial charge is 0.255 e. The third kappa shape index (κ3) is 5.72. The Morgan fingerprint density at radius 1 is 0.921 bits per heavy atom. The number of methoxy groups -OCH3 is 1. The van der Waals surface area contributed by atoms with E-state index in [1.54, 1.807) is 19.2 Å². The number of amides is 1. The molecule has 1 aliphatic heterocycles. The third-order valence-corrected chi connectivity index (χ3v) is 7.15. The summed E-state index contributed by atoms with van der Waals surface area (Å²) in [5, 5.41) is 0.480. The van der Waals surface area contributed by atoms with Crippen LogP contribution in [0.5, 0.6) is 0 Å². The topological polar surface area (TPSA) is 58.6 Å². The number of rotatable bonds is 7. The molecule has 0 saturated carbocycles. The monoisotopic (exact) mass is 526 g/mol. The number of carbonyl (C=O) groups is 1. The van der Waals surface area contributed by atoms with Gasteiger partial charge in [0, 0.05) is 50.8 Å². The van der Waals surface area contributed by atoms with Crippen molar-refractivity contribution in [2.45, 2.75) is 20.0 Å². The van der Waals surface area contributed by atoms with Crippen molar-refractivity contribution in [2.24, 2.45) is 0 Å². The molecule has 0 N–H and O–H groups in total. The lowest BCUT2D eigenvalue weighted by Gasteiger charge is -2.37. The number of hydrogen-bond donors (Lipinski definition) is 0. The van der Waals surface area contributed by atoms with E-state index in [0.29, 0.717) is 55.6 Å². The van der Waals surface area contributed by atoms with Gasteiger partial charge >= 0.3 is 0 Å². The molecule has 4 aromatic rings. The van der Waals surface area contributed by atoms with Gasteiger partial charge in [0.25, 0.3) is 5.91 Å². The van der Waals surface area contributed by atoms with E-state index in [-0.39, 0.29) is 5.91 Å². The van der Waals surface area contributed by atoms with Crippen molar-refractivity contribution in [1.29, 1.82) is 0 Å². The molecular weight excluding hydrogens is 496 g/mol. The quantitative estimate of drug-likeness (QED) is 0.304. The molecule has 1 aliphatic rings. The Balaban J connectivity index is 1.49. The number of halogens is 1. The van der Waals surface area contributed by atoms with Crippen molar-refractivity contribution in [3.8, 4) is 11.4 Å². The number of ether oxygens (including phenoxy) is 1. The summed E-state index contributed by atoms with van der Waals surface area (Å²) in [7, 11) is 1.69. The van der Waals surface area contributed by atoms with Crippen LogP contribution in [0.25, 0.3) is 11.4 Å². The van der Waals surface area contributed by atoms with Crippen molar-refractivity contribution >= 4 is 23.3 Å². The molecule has 0 spiro atoms. The van der Waals surface area contributed by atoms with Crippen LogP contribution in [0, 0.1) is 6.92 Å². The van der Waals surface area contributed by atoms with Crippen molar-refractivity contribution in [3.63, 3.8) is 0 Å². The Hall–Kier alpha value is -3.74. The van der Waals surface area contributed by atoms with Crippen molar-refractivity contribution in [3.05, 3.63) is 112 Å². The highest BCUT2D eigenvalue weighted by Gasteiger charge is 2.27. The van der Waals surface area contributed by atoms with Gasteiger partial charge in [-0.05, 0) is 24.6 Å². The van der Waals surface area contributed by atoms with Gasteiger partial charge in [-0.25, -0.2) is 9.97 Å². The minimum absolute atomic E-state index is 0.0389. The van der Waals surface area contributed by atoms with Gasteiger partial charge in [-0.2, -0.15) is 0 Å². The van der Waals surface area contributed by atoms with Crippen LogP contribution < -0.4 is 4.90 Å². The minimum Gasteiger partial charge on any atom is -0.378 e. The van der Waals surface area contributed by atoms with Crippen molar-refractivity contribution in [1.82, 2.24) is 14.9 Å². The number of anilines is 1. The molecule has 6 nitrogen and oxygen atoms in total. The molecule has 0 radical (unpaired) electrons. The lowest BCUT2D eigenvalue weighted by Crippen LogP contribution is -2.49. The molecule has 2 heterocycles. The summed E-state index contributed by atoms with van der Waals surface area (Å²) in [6.45, 7) is 4.98. The van der Waals surface area contributed by atoms with Crippen LogP contribution in [-0.4, -0.2) is 54.1 Å². The van der Waals surface area contributed by atoms with Crippen LogP contribution in [0.15, 0.2) is 78.9 Å². The molecule has 1 fully saturated rings. The zero-order valence-electron chi connectivity index (χ0n) is 21.7. The second kappa shape index (κ2) is 11.8. The Morgan fingerprint density at radius 3 is 2.37 bits per heavy atom. The highest BCUT2D eigenvalue weighted by molar-refractivity contribution is 6.33. The fourth-order valence-electron chi connectivity index (χ4n) is 4.88. The molecule has 1 amide bonds. The first-order valence-electron chi connectivity index (χ1n) is 12.8. The van der Waals surface area contributed by atoms with Crippen molar-refractivity contribution in [2.75, 3.05) is 38.2 Å². The number of aromatic nitrogens is 2. The van der Waals surface area contributed by atoms with Crippen LogP contribution in [0.1, 0.15) is 32.7 Å². The normalized spacial score (nSPS) is 13.6. The molecule has 0 aliphatic carbocycles. The zero-order chi connectivity index (χ0) is 26.5. The zero-order valence-corrected chi connectivity index (χ0v) is 22.5. The first kappa shape index (κ1) is 25.9. The summed E-state index contributed by atoms with van der Waals surface area (Å²) in [5.41, 5.74) is 5.85. The molecule has 1 saturated heterocycles. The maximum absolute atomic E-state index is 13.2. The fourth-order valence-corrected chi connectivity index (χ4v) is 5.10. The van der Waals surface area contributed by atoms with E-state index in [9.17, 15) is 4.79 Å². The second-order valence-corrected chi connectivity index (χ2v) is 9.93. The van der Waals surface area contributed by atoms with Gasteiger partial charge in [-0.3, -0.25) is 4.79 Å². The molecular formula is C31H31ClN4O2. The van der Waals surface area contributed by atoms with Gasteiger partial charge < -0.3 is 14.5 Å². The average Bonchev–Trinajstić information content (AvgIpc) is 2.94. The van der Waals surface area contributed by atoms with E-state index < -0.39 is 0 Å². The summed E-state index contributed by atoms with van der Waals surface area (Å²) in [4.78, 5) is 27.4. The highest BCUT2D eigenvalue weighted by Crippen LogP contribution is 2.30. The molecule has 7 heteroatoms. The number of hydrogen-bond acceptors (Lipinski definition) is 5. The summed E-state index contributed by atoms with van der Waals surface area (Å²) in [6.07, 6.45) is 0.698. The van der Waals surface area contributed by atoms with E-state index in [1.807, 2.05) is 47.4 Å². The highest BCUT2D eigenvalue weighted by atomic mass is 35.5.